The van der Waals surface area contributed by atoms with Crippen LogP contribution >= 0.6 is 0 Å². The lowest BCUT2D eigenvalue weighted by atomic mass is 10.1. The maximum atomic E-state index is 11.8. The van der Waals surface area contributed by atoms with E-state index >= 15 is 0 Å². The van der Waals surface area contributed by atoms with Gasteiger partial charge in [-0.2, -0.15) is 0 Å². The highest BCUT2D eigenvalue weighted by molar-refractivity contribution is 5.77. The van der Waals surface area contributed by atoms with E-state index in [2.05, 4.69) is 0 Å². The maximum absolute atomic E-state index is 11.8. The summed E-state index contributed by atoms with van der Waals surface area (Å²) in [5, 5.41) is 8.49. The van der Waals surface area contributed by atoms with Gasteiger partial charge in [-0.1, -0.05) is 0 Å². The van der Waals surface area contributed by atoms with Gasteiger partial charge in [0.1, 0.15) is 0 Å². The third kappa shape index (κ3) is 3.81. The number of hydrogen-bond donors (Lipinski definition) is 1. The number of nitrogens with zero attached hydrogens (tertiary/aromatic N) is 1. The largest absolute Gasteiger partial charge is 0.481 e. The summed E-state index contributed by atoms with van der Waals surface area (Å²) in [5.41, 5.74) is 0. The molecule has 5 nitrogen and oxygen atoms in total. The summed E-state index contributed by atoms with van der Waals surface area (Å²) in [6.45, 7) is 5.04. The molecule has 0 radical (unpaired) electrons. The standard InChI is InChI=1S/C11H19NO4/c1-8-7-16-9(2)6-12(8)10(13)4-3-5-11(14)15/h8-9H,3-7H2,1-2H3,(H,14,15). The highest BCUT2D eigenvalue weighted by atomic mass is 16.5. The van der Waals surface area contributed by atoms with Gasteiger partial charge in [0.15, 0.2) is 0 Å². The number of carboxylic acids is 1. The number of hydrogen-bond acceptors (Lipinski definition) is 3. The molecule has 1 aliphatic heterocycles. The quantitative estimate of drug-likeness (QED) is 0.777. The van der Waals surface area contributed by atoms with Crippen molar-refractivity contribution < 1.29 is 19.4 Å². The second kappa shape index (κ2) is 5.84. The van der Waals surface area contributed by atoms with Crippen molar-refractivity contribution in [1.29, 1.82) is 0 Å². The van der Waals surface area contributed by atoms with Crippen LogP contribution in [0.15, 0.2) is 0 Å². The van der Waals surface area contributed by atoms with Crippen LogP contribution in [0.25, 0.3) is 0 Å². The fraction of sp³-hybridized carbons (Fsp3) is 0.818. The Balaban J connectivity index is 2.36. The first-order chi connectivity index (χ1) is 7.50. The second-order valence-corrected chi connectivity index (χ2v) is 4.29. The Hall–Kier alpha value is -1.10. The van der Waals surface area contributed by atoms with E-state index in [0.29, 0.717) is 26.0 Å². The Bertz CT molecular complexity index is 267. The minimum atomic E-state index is -0.851. The Kier molecular flexibility index (Phi) is 4.73. The average molecular weight is 229 g/mol. The first-order valence-corrected chi connectivity index (χ1v) is 5.63. The lowest BCUT2D eigenvalue weighted by molar-refractivity contribution is -0.143. The van der Waals surface area contributed by atoms with Gasteiger partial charge in [0.25, 0.3) is 0 Å². The number of rotatable bonds is 4. The first-order valence-electron chi connectivity index (χ1n) is 5.63. The molecule has 2 atom stereocenters. The third-order valence-corrected chi connectivity index (χ3v) is 2.71. The SMILES string of the molecule is CC1CN(C(=O)CCCC(=O)O)C(C)CO1. The molecule has 0 aromatic heterocycles. The first kappa shape index (κ1) is 13.0. The maximum Gasteiger partial charge on any atom is 0.303 e. The van der Waals surface area contributed by atoms with Crippen LogP contribution in [0.4, 0.5) is 0 Å². The summed E-state index contributed by atoms with van der Waals surface area (Å²) in [7, 11) is 0. The Morgan fingerprint density at radius 2 is 2.06 bits per heavy atom. The molecule has 1 rings (SSSR count). The van der Waals surface area contributed by atoms with Gasteiger partial charge in [-0.05, 0) is 20.3 Å². The van der Waals surface area contributed by atoms with Crippen LogP contribution in [-0.4, -0.2) is 47.2 Å². The molecule has 0 spiro atoms. The summed E-state index contributed by atoms with van der Waals surface area (Å²) < 4.78 is 5.43. The fourth-order valence-electron chi connectivity index (χ4n) is 1.79. The monoisotopic (exact) mass is 229 g/mol. The summed E-state index contributed by atoms with van der Waals surface area (Å²) in [6.07, 6.45) is 0.843. The van der Waals surface area contributed by atoms with E-state index in [-0.39, 0.29) is 24.5 Å². The van der Waals surface area contributed by atoms with E-state index in [1.807, 2.05) is 13.8 Å². The molecule has 1 N–H and O–H groups in total. The second-order valence-electron chi connectivity index (χ2n) is 4.29. The number of carboxylic acid groups (broad SMARTS) is 1. The molecule has 0 saturated carbocycles. The van der Waals surface area contributed by atoms with Gasteiger partial charge >= 0.3 is 5.97 Å². The van der Waals surface area contributed by atoms with Crippen LogP contribution < -0.4 is 0 Å². The van der Waals surface area contributed by atoms with Crippen molar-refractivity contribution in [3.05, 3.63) is 0 Å². The molecular weight excluding hydrogens is 210 g/mol. The molecule has 16 heavy (non-hydrogen) atoms. The molecule has 0 aromatic rings. The predicted molar refractivity (Wildman–Crippen MR) is 58.1 cm³/mol. The number of carbonyl (C=O) groups excluding carboxylic acids is 1. The van der Waals surface area contributed by atoms with E-state index in [1.54, 1.807) is 4.90 Å². The Morgan fingerprint density at radius 1 is 1.38 bits per heavy atom. The zero-order valence-corrected chi connectivity index (χ0v) is 9.81. The van der Waals surface area contributed by atoms with Crippen LogP contribution in [0, 0.1) is 0 Å². The van der Waals surface area contributed by atoms with E-state index in [9.17, 15) is 9.59 Å². The van der Waals surface area contributed by atoms with Crippen LogP contribution in [-0.2, 0) is 14.3 Å². The van der Waals surface area contributed by atoms with E-state index in [4.69, 9.17) is 9.84 Å². The molecule has 0 aromatic carbocycles. The molecule has 0 bridgehead atoms. The fourth-order valence-corrected chi connectivity index (χ4v) is 1.79. The summed E-state index contributed by atoms with van der Waals surface area (Å²) in [6, 6.07) is 0.0912. The van der Waals surface area contributed by atoms with Crippen molar-refractivity contribution in [2.45, 2.75) is 45.3 Å². The molecule has 1 aliphatic rings. The number of ether oxygens (including phenoxy) is 1. The van der Waals surface area contributed by atoms with Gasteiger partial charge < -0.3 is 14.7 Å². The summed E-state index contributed by atoms with van der Waals surface area (Å²) in [5.74, 6) is -0.819. The zero-order valence-electron chi connectivity index (χ0n) is 9.81. The van der Waals surface area contributed by atoms with Crippen molar-refractivity contribution >= 4 is 11.9 Å². The smallest absolute Gasteiger partial charge is 0.303 e. The number of amides is 1. The minimum Gasteiger partial charge on any atom is -0.481 e. The van der Waals surface area contributed by atoms with Crippen LogP contribution in [0.5, 0.6) is 0 Å². The van der Waals surface area contributed by atoms with Crippen molar-refractivity contribution in [3.8, 4) is 0 Å². The van der Waals surface area contributed by atoms with Gasteiger partial charge in [0.2, 0.25) is 5.91 Å². The van der Waals surface area contributed by atoms with E-state index < -0.39 is 5.97 Å². The van der Waals surface area contributed by atoms with Crippen molar-refractivity contribution in [1.82, 2.24) is 4.90 Å². The topological polar surface area (TPSA) is 66.8 Å². The van der Waals surface area contributed by atoms with Gasteiger partial charge in [0, 0.05) is 19.4 Å². The van der Waals surface area contributed by atoms with Gasteiger partial charge in [-0.25, -0.2) is 0 Å². The normalized spacial score (nSPS) is 25.5. The highest BCUT2D eigenvalue weighted by Gasteiger charge is 2.26. The van der Waals surface area contributed by atoms with Gasteiger partial charge in [-0.15, -0.1) is 0 Å². The highest BCUT2D eigenvalue weighted by Crippen LogP contribution is 2.13. The summed E-state index contributed by atoms with van der Waals surface area (Å²) in [4.78, 5) is 23.9. The molecule has 92 valence electrons. The van der Waals surface area contributed by atoms with Crippen molar-refractivity contribution in [2.24, 2.45) is 0 Å². The van der Waals surface area contributed by atoms with Gasteiger partial charge in [0.05, 0.1) is 18.8 Å². The van der Waals surface area contributed by atoms with Crippen LogP contribution in [0.3, 0.4) is 0 Å². The van der Waals surface area contributed by atoms with Crippen LogP contribution in [0.2, 0.25) is 0 Å². The van der Waals surface area contributed by atoms with Crippen molar-refractivity contribution in [3.63, 3.8) is 0 Å². The predicted octanol–water partition coefficient (Wildman–Crippen LogP) is 0.877. The number of morpholine rings is 1. The van der Waals surface area contributed by atoms with Gasteiger partial charge in [-0.3, -0.25) is 9.59 Å². The van der Waals surface area contributed by atoms with E-state index in [1.165, 1.54) is 0 Å². The lowest BCUT2D eigenvalue weighted by Crippen LogP contribution is -2.50. The average Bonchev–Trinajstić information content (AvgIpc) is 2.21. The van der Waals surface area contributed by atoms with E-state index in [0.717, 1.165) is 0 Å². The van der Waals surface area contributed by atoms with Crippen LogP contribution in [0.1, 0.15) is 33.1 Å². The Morgan fingerprint density at radius 3 is 2.69 bits per heavy atom. The number of carbonyl (C=O) groups is 2. The van der Waals surface area contributed by atoms with Crippen molar-refractivity contribution in [2.75, 3.05) is 13.2 Å². The molecule has 2 unspecified atom stereocenters. The lowest BCUT2D eigenvalue weighted by Gasteiger charge is -2.36. The molecule has 1 heterocycles. The zero-order chi connectivity index (χ0) is 12.1. The Labute approximate surface area is 95.4 Å². The minimum absolute atomic E-state index is 0.0314. The molecule has 1 amide bonds. The molecule has 0 aliphatic carbocycles. The third-order valence-electron chi connectivity index (χ3n) is 2.71. The number of aliphatic carboxylic acids is 1. The molecular formula is C11H19NO4. The summed E-state index contributed by atoms with van der Waals surface area (Å²) >= 11 is 0. The molecule has 1 saturated heterocycles. The molecule has 1 fully saturated rings. The molecule has 5 heteroatoms.